The Morgan fingerprint density at radius 1 is 1.69 bits per heavy atom. The highest BCUT2D eigenvalue weighted by Gasteiger charge is 2.24. The number of aliphatic hydroxyl groups excluding tert-OH is 1. The number of nitrogens with one attached hydrogen (secondary N) is 1. The fourth-order valence-electron chi connectivity index (χ4n) is 0.971. The van der Waals surface area contributed by atoms with E-state index in [-0.39, 0.29) is 18.1 Å². The van der Waals surface area contributed by atoms with Gasteiger partial charge in [0.25, 0.3) is 0 Å². The Kier molecular flexibility index (Phi) is 5.33. The Hall–Kier alpha value is -0.280. The molecule has 0 saturated heterocycles. The molecule has 1 amide bonds. The van der Waals surface area contributed by atoms with E-state index in [1.54, 1.807) is 6.92 Å². The van der Waals surface area contributed by atoms with Crippen LogP contribution in [-0.4, -0.2) is 28.5 Å². The quantitative estimate of drug-likeness (QED) is 0.668. The smallest absolute Gasteiger partial charge is 0.238 e. The lowest BCUT2D eigenvalue weighted by molar-refractivity contribution is -0.122. The van der Waals surface area contributed by atoms with Crippen molar-refractivity contribution in [3.8, 4) is 0 Å². The number of carbonyl (C=O) groups is 1. The Balaban J connectivity index is 4.18. The average Bonchev–Trinajstić information content (AvgIpc) is 2.04. The van der Waals surface area contributed by atoms with Gasteiger partial charge in [-0.2, -0.15) is 0 Å². The molecule has 0 aromatic rings. The van der Waals surface area contributed by atoms with E-state index in [1.807, 2.05) is 13.8 Å². The highest BCUT2D eigenvalue weighted by Crippen LogP contribution is 2.14. The van der Waals surface area contributed by atoms with Crippen molar-refractivity contribution in [1.82, 2.24) is 5.32 Å². The van der Waals surface area contributed by atoms with E-state index in [9.17, 15) is 4.79 Å². The lowest BCUT2D eigenvalue weighted by atomic mass is 9.95. The summed E-state index contributed by atoms with van der Waals surface area (Å²) in [6, 6.07) is 0. The summed E-state index contributed by atoms with van der Waals surface area (Å²) in [6.07, 6.45) is 1.34. The molecule has 0 aliphatic heterocycles. The Morgan fingerprint density at radius 2 is 2.23 bits per heavy atom. The highest BCUT2D eigenvalue weighted by atomic mass is 35.5. The SMILES string of the molecule is CCC(C)(CCO)NC(=O)C(C)Cl. The summed E-state index contributed by atoms with van der Waals surface area (Å²) in [5, 5.41) is 11.1. The number of rotatable bonds is 5. The Bertz CT molecular complexity index is 173. The van der Waals surface area contributed by atoms with Crippen molar-refractivity contribution >= 4 is 17.5 Å². The standard InChI is InChI=1S/C9H18ClNO2/c1-4-9(3,5-6-12)11-8(13)7(2)10/h7,12H,4-6H2,1-3H3,(H,11,13). The van der Waals surface area contributed by atoms with E-state index < -0.39 is 5.38 Å². The predicted octanol–water partition coefficient (Wildman–Crippen LogP) is 1.28. The summed E-state index contributed by atoms with van der Waals surface area (Å²) in [6.45, 7) is 5.57. The number of hydrogen-bond acceptors (Lipinski definition) is 2. The van der Waals surface area contributed by atoms with E-state index in [4.69, 9.17) is 16.7 Å². The van der Waals surface area contributed by atoms with E-state index in [0.717, 1.165) is 6.42 Å². The molecular formula is C9H18ClNO2. The van der Waals surface area contributed by atoms with Gasteiger partial charge in [-0.1, -0.05) is 6.92 Å². The van der Waals surface area contributed by atoms with Crippen LogP contribution in [0.1, 0.15) is 33.6 Å². The summed E-state index contributed by atoms with van der Waals surface area (Å²) in [5.41, 5.74) is -0.338. The lowest BCUT2D eigenvalue weighted by Gasteiger charge is -2.29. The van der Waals surface area contributed by atoms with Crippen LogP contribution in [0.4, 0.5) is 0 Å². The van der Waals surface area contributed by atoms with Crippen molar-refractivity contribution in [1.29, 1.82) is 0 Å². The topological polar surface area (TPSA) is 49.3 Å². The largest absolute Gasteiger partial charge is 0.396 e. The van der Waals surface area contributed by atoms with Crippen molar-refractivity contribution in [2.75, 3.05) is 6.61 Å². The maximum absolute atomic E-state index is 11.3. The lowest BCUT2D eigenvalue weighted by Crippen LogP contribution is -2.48. The first-order valence-electron chi connectivity index (χ1n) is 4.52. The minimum absolute atomic E-state index is 0.0707. The average molecular weight is 208 g/mol. The monoisotopic (exact) mass is 207 g/mol. The van der Waals surface area contributed by atoms with Gasteiger partial charge < -0.3 is 10.4 Å². The maximum atomic E-state index is 11.3. The van der Waals surface area contributed by atoms with Crippen molar-refractivity contribution in [2.24, 2.45) is 0 Å². The molecule has 2 atom stereocenters. The van der Waals surface area contributed by atoms with Gasteiger partial charge in [0, 0.05) is 12.1 Å². The van der Waals surface area contributed by atoms with Crippen molar-refractivity contribution < 1.29 is 9.90 Å². The molecule has 0 spiro atoms. The molecule has 0 saturated carbocycles. The second kappa shape index (κ2) is 5.45. The van der Waals surface area contributed by atoms with Crippen molar-refractivity contribution in [2.45, 2.75) is 44.5 Å². The van der Waals surface area contributed by atoms with Gasteiger partial charge in [0.15, 0.2) is 0 Å². The van der Waals surface area contributed by atoms with Gasteiger partial charge in [-0.25, -0.2) is 0 Å². The number of aliphatic hydroxyl groups is 1. The molecule has 0 heterocycles. The molecule has 4 heteroatoms. The fraction of sp³-hybridized carbons (Fsp3) is 0.889. The van der Waals surface area contributed by atoms with Gasteiger partial charge in [0.1, 0.15) is 5.38 Å². The van der Waals surface area contributed by atoms with E-state index >= 15 is 0 Å². The Labute approximate surface area is 84.5 Å². The number of alkyl halides is 1. The van der Waals surface area contributed by atoms with Crippen LogP contribution in [0.3, 0.4) is 0 Å². The number of carbonyl (C=O) groups excluding carboxylic acids is 1. The molecule has 2 N–H and O–H groups in total. The van der Waals surface area contributed by atoms with Crippen LogP contribution in [0.2, 0.25) is 0 Å². The predicted molar refractivity (Wildman–Crippen MR) is 53.9 cm³/mol. The van der Waals surface area contributed by atoms with E-state index in [2.05, 4.69) is 5.32 Å². The third-order valence-electron chi connectivity index (χ3n) is 2.23. The first-order chi connectivity index (χ1) is 5.95. The molecule has 13 heavy (non-hydrogen) atoms. The molecule has 2 unspecified atom stereocenters. The van der Waals surface area contributed by atoms with Crippen LogP contribution < -0.4 is 5.32 Å². The highest BCUT2D eigenvalue weighted by molar-refractivity contribution is 6.30. The molecule has 0 aromatic heterocycles. The third kappa shape index (κ3) is 4.48. The minimum atomic E-state index is -0.524. The maximum Gasteiger partial charge on any atom is 0.238 e. The van der Waals surface area contributed by atoms with Crippen LogP contribution in [0.25, 0.3) is 0 Å². The fourth-order valence-corrected chi connectivity index (χ4v) is 1.03. The van der Waals surface area contributed by atoms with Crippen LogP contribution in [0.15, 0.2) is 0 Å². The first kappa shape index (κ1) is 12.7. The van der Waals surface area contributed by atoms with Gasteiger partial charge in [0.2, 0.25) is 5.91 Å². The molecule has 78 valence electrons. The summed E-state index contributed by atoms with van der Waals surface area (Å²) >= 11 is 5.62. The van der Waals surface area contributed by atoms with E-state index in [0.29, 0.717) is 6.42 Å². The van der Waals surface area contributed by atoms with Gasteiger partial charge >= 0.3 is 0 Å². The van der Waals surface area contributed by atoms with Crippen LogP contribution >= 0.6 is 11.6 Å². The second-order valence-corrected chi connectivity index (χ2v) is 4.15. The molecule has 0 rings (SSSR count). The van der Waals surface area contributed by atoms with Gasteiger partial charge in [-0.15, -0.1) is 11.6 Å². The van der Waals surface area contributed by atoms with Gasteiger partial charge in [-0.3, -0.25) is 4.79 Å². The van der Waals surface area contributed by atoms with Gasteiger partial charge in [-0.05, 0) is 26.7 Å². The summed E-state index contributed by atoms with van der Waals surface area (Å²) in [7, 11) is 0. The van der Waals surface area contributed by atoms with Crippen LogP contribution in [-0.2, 0) is 4.79 Å². The van der Waals surface area contributed by atoms with Crippen molar-refractivity contribution in [3.63, 3.8) is 0 Å². The zero-order chi connectivity index (χ0) is 10.5. The molecule has 3 nitrogen and oxygen atoms in total. The van der Waals surface area contributed by atoms with E-state index in [1.165, 1.54) is 0 Å². The molecular weight excluding hydrogens is 190 g/mol. The zero-order valence-electron chi connectivity index (χ0n) is 8.43. The first-order valence-corrected chi connectivity index (χ1v) is 4.96. The summed E-state index contributed by atoms with van der Waals surface area (Å²) in [4.78, 5) is 11.3. The number of amides is 1. The second-order valence-electron chi connectivity index (χ2n) is 3.49. The number of halogens is 1. The van der Waals surface area contributed by atoms with Crippen molar-refractivity contribution in [3.05, 3.63) is 0 Å². The Morgan fingerprint density at radius 3 is 2.54 bits per heavy atom. The number of hydrogen-bond donors (Lipinski definition) is 2. The summed E-state index contributed by atoms with van der Waals surface area (Å²) in [5.74, 6) is -0.181. The molecule has 0 aliphatic carbocycles. The normalized spacial score (nSPS) is 17.6. The van der Waals surface area contributed by atoms with Crippen LogP contribution in [0.5, 0.6) is 0 Å². The molecule has 0 aliphatic rings. The molecule has 0 bridgehead atoms. The van der Waals surface area contributed by atoms with Gasteiger partial charge in [0.05, 0.1) is 0 Å². The zero-order valence-corrected chi connectivity index (χ0v) is 9.19. The third-order valence-corrected chi connectivity index (χ3v) is 2.43. The van der Waals surface area contributed by atoms with Crippen LogP contribution in [0, 0.1) is 0 Å². The molecule has 0 fully saturated rings. The summed E-state index contributed by atoms with van der Waals surface area (Å²) < 4.78 is 0. The molecule has 0 radical (unpaired) electrons. The molecule has 0 aromatic carbocycles. The minimum Gasteiger partial charge on any atom is -0.396 e.